The van der Waals surface area contributed by atoms with Crippen molar-refractivity contribution in [2.24, 2.45) is 21.5 Å². The second kappa shape index (κ2) is 5.36. The summed E-state index contributed by atoms with van der Waals surface area (Å²) in [4.78, 5) is 10.9. The summed E-state index contributed by atoms with van der Waals surface area (Å²) in [6, 6.07) is 6.09. The molecule has 2 aromatic rings. The van der Waals surface area contributed by atoms with Crippen LogP contribution in [0.1, 0.15) is 32.1 Å². The molecule has 8 heteroatoms. The lowest BCUT2D eigenvalue weighted by Crippen LogP contribution is -2.58. The summed E-state index contributed by atoms with van der Waals surface area (Å²) in [7, 11) is 0. The van der Waals surface area contributed by atoms with E-state index < -0.39 is 5.66 Å². The van der Waals surface area contributed by atoms with Gasteiger partial charge in [0.2, 0.25) is 11.9 Å². The Morgan fingerprint density at radius 1 is 1.17 bits per heavy atom. The Morgan fingerprint density at radius 2 is 1.96 bits per heavy atom. The smallest absolute Gasteiger partial charge is 0.220 e. The van der Waals surface area contributed by atoms with E-state index in [4.69, 9.17) is 16.5 Å². The lowest BCUT2D eigenvalue weighted by Gasteiger charge is -2.45. The molecule has 2 heterocycles. The number of guanidine groups is 2. The molecule has 0 atom stereocenters. The lowest BCUT2D eigenvalue weighted by molar-refractivity contribution is 0.306. The van der Waals surface area contributed by atoms with Gasteiger partial charge in [-0.25, -0.2) is 4.99 Å². The van der Waals surface area contributed by atoms with Crippen molar-refractivity contribution in [1.29, 1.82) is 0 Å². The first-order valence-electron chi connectivity index (χ1n) is 7.73. The predicted octanol–water partition coefficient (Wildman–Crippen LogP) is 2.28. The van der Waals surface area contributed by atoms with E-state index in [1.54, 1.807) is 0 Å². The number of aliphatic imine (C=N–C) groups is 2. The zero-order valence-electron chi connectivity index (χ0n) is 12.6. The fraction of sp³-hybridized carbons (Fsp3) is 0.400. The molecule has 2 aliphatic rings. The number of fused-ring (bicyclic) bond motifs is 1. The van der Waals surface area contributed by atoms with Gasteiger partial charge in [0.15, 0.2) is 0 Å². The molecule has 1 aromatic carbocycles. The number of hydrogen-bond acceptors (Lipinski definition) is 6. The predicted molar refractivity (Wildman–Crippen MR) is 100 cm³/mol. The highest BCUT2D eigenvalue weighted by Gasteiger charge is 2.43. The van der Waals surface area contributed by atoms with Gasteiger partial charge in [0, 0.05) is 5.39 Å². The molecule has 7 nitrogen and oxygen atoms in total. The molecule has 120 valence electrons. The van der Waals surface area contributed by atoms with Crippen LogP contribution in [0.4, 0.5) is 5.69 Å². The number of para-hydroxylation sites is 1. The van der Waals surface area contributed by atoms with Crippen molar-refractivity contribution in [2.45, 2.75) is 37.8 Å². The molecule has 1 fully saturated rings. The zero-order chi connectivity index (χ0) is 16.0. The Balaban J connectivity index is 1.92. The number of nitrogens with one attached hydrogen (secondary N) is 1. The number of nitrogens with zero attached hydrogens (tertiary/aromatic N) is 4. The van der Waals surface area contributed by atoms with Crippen LogP contribution in [0.5, 0.6) is 0 Å². The van der Waals surface area contributed by atoms with Gasteiger partial charge < -0.3 is 11.5 Å². The average Bonchev–Trinajstić information content (AvgIpc) is 2.90. The molecular formula is C15H18IN7. The van der Waals surface area contributed by atoms with Gasteiger partial charge in [0.05, 0.1) is 5.69 Å². The molecule has 0 saturated heterocycles. The number of anilines is 1. The fourth-order valence-corrected chi connectivity index (χ4v) is 4.20. The topological polar surface area (TPSA) is 109 Å². The van der Waals surface area contributed by atoms with Crippen LogP contribution in [0.15, 0.2) is 28.2 Å². The number of rotatable bonds is 1. The van der Waals surface area contributed by atoms with Gasteiger partial charge in [0.25, 0.3) is 0 Å². The number of aromatic amines is 1. The molecule has 1 aromatic heterocycles. The molecule has 0 radical (unpaired) electrons. The van der Waals surface area contributed by atoms with Gasteiger partial charge in [-0.05, 0) is 60.4 Å². The number of H-pyrrole nitrogens is 1. The SMILES string of the molecule is NC1=NC2(CCCCC2)N(c2cccc3c(I)[nH]nc23)C(N)=N1. The largest absolute Gasteiger partial charge is 0.369 e. The van der Waals surface area contributed by atoms with Crippen molar-refractivity contribution in [1.82, 2.24) is 10.2 Å². The molecule has 1 aliphatic heterocycles. The highest BCUT2D eigenvalue weighted by atomic mass is 127. The van der Waals surface area contributed by atoms with Crippen molar-refractivity contribution in [2.75, 3.05) is 4.90 Å². The van der Waals surface area contributed by atoms with Crippen LogP contribution >= 0.6 is 22.6 Å². The second-order valence-corrected chi connectivity index (χ2v) is 7.11. The Kier molecular flexibility index (Phi) is 3.43. The Labute approximate surface area is 147 Å². The summed E-state index contributed by atoms with van der Waals surface area (Å²) in [5.41, 5.74) is 13.6. The van der Waals surface area contributed by atoms with Crippen molar-refractivity contribution < 1.29 is 0 Å². The molecule has 1 aliphatic carbocycles. The van der Waals surface area contributed by atoms with Gasteiger partial charge in [0.1, 0.15) is 14.9 Å². The first-order valence-corrected chi connectivity index (χ1v) is 8.81. The summed E-state index contributed by atoms with van der Waals surface area (Å²) in [6.45, 7) is 0. The molecule has 23 heavy (non-hydrogen) atoms. The molecule has 0 amide bonds. The minimum Gasteiger partial charge on any atom is -0.369 e. The summed E-state index contributed by atoms with van der Waals surface area (Å²) < 4.78 is 1.01. The summed E-state index contributed by atoms with van der Waals surface area (Å²) in [5, 5.41) is 8.57. The third-order valence-corrected chi connectivity index (χ3v) is 5.43. The van der Waals surface area contributed by atoms with E-state index in [-0.39, 0.29) is 5.96 Å². The Hall–Kier alpha value is -1.84. The van der Waals surface area contributed by atoms with Gasteiger partial charge in [-0.15, -0.1) is 0 Å². The van der Waals surface area contributed by atoms with Crippen molar-refractivity contribution >= 4 is 51.1 Å². The maximum Gasteiger partial charge on any atom is 0.220 e. The third-order valence-electron chi connectivity index (χ3n) is 4.61. The van der Waals surface area contributed by atoms with Crippen LogP contribution in [-0.2, 0) is 0 Å². The number of hydrogen-bond donors (Lipinski definition) is 3. The van der Waals surface area contributed by atoms with Gasteiger partial charge >= 0.3 is 0 Å². The molecule has 0 bridgehead atoms. The van der Waals surface area contributed by atoms with Crippen LogP contribution in [0.25, 0.3) is 10.9 Å². The van der Waals surface area contributed by atoms with E-state index in [9.17, 15) is 0 Å². The molecule has 4 rings (SSSR count). The minimum atomic E-state index is -0.438. The van der Waals surface area contributed by atoms with E-state index in [2.05, 4.69) is 37.8 Å². The third kappa shape index (κ3) is 2.27. The molecule has 0 unspecified atom stereocenters. The molecule has 5 N–H and O–H groups in total. The van der Waals surface area contributed by atoms with E-state index in [1.807, 2.05) is 23.1 Å². The molecule has 1 saturated carbocycles. The van der Waals surface area contributed by atoms with E-state index in [1.165, 1.54) is 6.42 Å². The minimum absolute atomic E-state index is 0.268. The van der Waals surface area contributed by atoms with E-state index >= 15 is 0 Å². The van der Waals surface area contributed by atoms with Crippen LogP contribution in [0.2, 0.25) is 0 Å². The molecular weight excluding hydrogens is 405 g/mol. The number of nitrogens with two attached hydrogens (primary N) is 2. The van der Waals surface area contributed by atoms with Crippen molar-refractivity contribution in [3.05, 3.63) is 21.9 Å². The summed E-state index contributed by atoms with van der Waals surface area (Å²) >= 11 is 2.25. The first-order chi connectivity index (χ1) is 11.1. The summed E-state index contributed by atoms with van der Waals surface area (Å²) in [5.74, 6) is 0.661. The number of halogens is 1. The van der Waals surface area contributed by atoms with Crippen LogP contribution < -0.4 is 16.4 Å². The van der Waals surface area contributed by atoms with Gasteiger partial charge in [-0.2, -0.15) is 10.1 Å². The molecule has 1 spiro atoms. The first kappa shape index (κ1) is 14.7. The average molecular weight is 423 g/mol. The maximum atomic E-state index is 6.28. The zero-order valence-corrected chi connectivity index (χ0v) is 14.7. The number of aromatic nitrogens is 2. The normalized spacial score (nSPS) is 20.7. The summed E-state index contributed by atoms with van der Waals surface area (Å²) in [6.07, 6.45) is 5.26. The standard InChI is InChI=1S/C15H18IN7/c16-12-9-5-4-6-10(11(9)21-22-12)23-14(18)19-13(17)20-15(23)7-2-1-3-8-15/h4-6H,1-3,7-8H2,(H,21,22)(H4,17,18,19,20). The highest BCUT2D eigenvalue weighted by Crippen LogP contribution is 2.41. The Morgan fingerprint density at radius 3 is 2.74 bits per heavy atom. The monoisotopic (exact) mass is 423 g/mol. The quantitative estimate of drug-likeness (QED) is 0.612. The Bertz CT molecular complexity index is 816. The van der Waals surface area contributed by atoms with Gasteiger partial charge in [-0.1, -0.05) is 12.5 Å². The van der Waals surface area contributed by atoms with Crippen LogP contribution in [0.3, 0.4) is 0 Å². The highest BCUT2D eigenvalue weighted by molar-refractivity contribution is 14.1. The lowest BCUT2D eigenvalue weighted by atomic mass is 9.87. The van der Waals surface area contributed by atoms with Crippen LogP contribution in [0, 0.1) is 3.70 Å². The van der Waals surface area contributed by atoms with E-state index in [0.29, 0.717) is 5.96 Å². The van der Waals surface area contributed by atoms with Crippen molar-refractivity contribution in [3.63, 3.8) is 0 Å². The van der Waals surface area contributed by atoms with Crippen molar-refractivity contribution in [3.8, 4) is 0 Å². The fourth-order valence-electron chi connectivity index (χ4n) is 3.64. The van der Waals surface area contributed by atoms with Gasteiger partial charge in [-0.3, -0.25) is 10.00 Å². The van der Waals surface area contributed by atoms with E-state index in [0.717, 1.165) is 46.0 Å². The maximum absolute atomic E-state index is 6.28. The number of benzene rings is 1. The second-order valence-electron chi connectivity index (χ2n) is 6.03. The van der Waals surface area contributed by atoms with Crippen LogP contribution in [-0.4, -0.2) is 27.8 Å².